The second kappa shape index (κ2) is 6.24. The van der Waals surface area contributed by atoms with Crippen molar-refractivity contribution in [1.29, 1.82) is 0 Å². The summed E-state index contributed by atoms with van der Waals surface area (Å²) < 4.78 is 0. The van der Waals surface area contributed by atoms with E-state index in [4.69, 9.17) is 0 Å². The van der Waals surface area contributed by atoms with E-state index in [1.807, 2.05) is 6.07 Å². The third kappa shape index (κ3) is 3.49. The van der Waals surface area contributed by atoms with E-state index in [9.17, 15) is 15.0 Å². The highest BCUT2D eigenvalue weighted by molar-refractivity contribution is 5.91. The van der Waals surface area contributed by atoms with Gasteiger partial charge in [-0.3, -0.25) is 0 Å². The number of anilines is 1. The molecule has 0 fully saturated rings. The van der Waals surface area contributed by atoms with E-state index in [1.165, 1.54) is 12.3 Å². The van der Waals surface area contributed by atoms with Gasteiger partial charge in [0.2, 0.25) is 0 Å². The molecule has 6 nitrogen and oxygen atoms in total. The molecule has 4 N–H and O–H groups in total. The van der Waals surface area contributed by atoms with Crippen LogP contribution in [0.5, 0.6) is 11.5 Å². The number of para-hydroxylation sites is 2. The van der Waals surface area contributed by atoms with E-state index in [0.29, 0.717) is 11.3 Å². The Balaban J connectivity index is 1.93. The third-order valence-electron chi connectivity index (χ3n) is 2.45. The van der Waals surface area contributed by atoms with Crippen molar-refractivity contribution in [3.8, 4) is 11.5 Å². The summed E-state index contributed by atoms with van der Waals surface area (Å²) in [5, 5.41) is 25.1. The van der Waals surface area contributed by atoms with Crippen LogP contribution < -0.4 is 10.7 Å². The topological polar surface area (TPSA) is 94.0 Å². The molecule has 0 heterocycles. The first kappa shape index (κ1) is 13.4. The van der Waals surface area contributed by atoms with E-state index in [0.717, 1.165) is 0 Å². The van der Waals surface area contributed by atoms with Gasteiger partial charge >= 0.3 is 6.03 Å². The number of amides is 2. The van der Waals surface area contributed by atoms with E-state index < -0.39 is 6.03 Å². The number of benzene rings is 2. The van der Waals surface area contributed by atoms with Gasteiger partial charge in [0.05, 0.1) is 6.21 Å². The summed E-state index contributed by atoms with van der Waals surface area (Å²) in [4.78, 5) is 11.5. The lowest BCUT2D eigenvalue weighted by Crippen LogP contribution is -2.24. The second-order valence-corrected chi connectivity index (χ2v) is 3.91. The Bertz CT molecular complexity index is 627. The van der Waals surface area contributed by atoms with Gasteiger partial charge in [-0.2, -0.15) is 5.10 Å². The molecule has 102 valence electrons. The second-order valence-electron chi connectivity index (χ2n) is 3.91. The Morgan fingerprint density at radius 3 is 2.55 bits per heavy atom. The molecule has 2 rings (SSSR count). The number of nitrogens with one attached hydrogen (secondary N) is 2. The van der Waals surface area contributed by atoms with Crippen LogP contribution in [0.25, 0.3) is 0 Å². The lowest BCUT2D eigenvalue weighted by molar-refractivity contribution is 0.252. The molecule has 0 radical (unpaired) electrons. The maximum Gasteiger partial charge on any atom is 0.339 e. The maximum atomic E-state index is 11.5. The number of phenolic OH excluding ortho intramolecular Hbond substituents is 2. The Kier molecular flexibility index (Phi) is 4.18. The van der Waals surface area contributed by atoms with Crippen LogP contribution in [-0.4, -0.2) is 22.5 Å². The van der Waals surface area contributed by atoms with Crippen LogP contribution in [0.4, 0.5) is 10.5 Å². The Morgan fingerprint density at radius 1 is 1.05 bits per heavy atom. The summed E-state index contributed by atoms with van der Waals surface area (Å²) in [6.07, 6.45) is 1.24. The van der Waals surface area contributed by atoms with Crippen LogP contribution in [0, 0.1) is 0 Å². The highest BCUT2D eigenvalue weighted by Crippen LogP contribution is 2.26. The highest BCUT2D eigenvalue weighted by atomic mass is 16.3. The van der Waals surface area contributed by atoms with Crippen molar-refractivity contribution in [2.24, 2.45) is 5.10 Å². The van der Waals surface area contributed by atoms with Crippen LogP contribution in [0.3, 0.4) is 0 Å². The van der Waals surface area contributed by atoms with Crippen molar-refractivity contribution >= 4 is 17.9 Å². The molecule has 0 bridgehead atoms. The number of carbonyl (C=O) groups is 1. The zero-order valence-electron chi connectivity index (χ0n) is 10.4. The SMILES string of the molecule is O=C(NN=Cc1cccc(O)c1O)Nc1ccccc1. The number of urea groups is 1. The molecule has 0 aliphatic heterocycles. The molecule has 2 aromatic carbocycles. The molecule has 0 spiro atoms. The van der Waals surface area contributed by atoms with Crippen molar-refractivity contribution in [1.82, 2.24) is 5.43 Å². The lowest BCUT2D eigenvalue weighted by Gasteiger charge is -2.03. The smallest absolute Gasteiger partial charge is 0.339 e. The minimum absolute atomic E-state index is 0.248. The molecule has 2 amide bonds. The summed E-state index contributed by atoms with van der Waals surface area (Å²) in [5.41, 5.74) is 3.19. The van der Waals surface area contributed by atoms with Gasteiger partial charge in [-0.25, -0.2) is 10.2 Å². The quantitative estimate of drug-likeness (QED) is 0.392. The Hall–Kier alpha value is -3.02. The van der Waals surface area contributed by atoms with Gasteiger partial charge in [0.15, 0.2) is 11.5 Å². The van der Waals surface area contributed by atoms with Crippen molar-refractivity contribution in [2.75, 3.05) is 5.32 Å². The Morgan fingerprint density at radius 2 is 1.80 bits per heavy atom. The molecule has 0 aromatic heterocycles. The fourth-order valence-corrected chi connectivity index (χ4v) is 1.49. The minimum atomic E-state index is -0.507. The monoisotopic (exact) mass is 271 g/mol. The molecule has 2 aromatic rings. The third-order valence-corrected chi connectivity index (χ3v) is 2.45. The molecule has 6 heteroatoms. The number of carbonyl (C=O) groups excluding carboxylic acids is 1. The minimum Gasteiger partial charge on any atom is -0.504 e. The summed E-state index contributed by atoms with van der Waals surface area (Å²) in [5.74, 6) is -0.538. The maximum absolute atomic E-state index is 11.5. The van der Waals surface area contributed by atoms with Crippen LogP contribution in [-0.2, 0) is 0 Å². The van der Waals surface area contributed by atoms with Crippen LogP contribution in [0.1, 0.15) is 5.56 Å². The van der Waals surface area contributed by atoms with E-state index in [1.54, 1.807) is 36.4 Å². The number of phenols is 2. The lowest BCUT2D eigenvalue weighted by atomic mass is 10.2. The summed E-state index contributed by atoms with van der Waals surface area (Å²) in [7, 11) is 0. The molecule has 20 heavy (non-hydrogen) atoms. The average molecular weight is 271 g/mol. The molecule has 0 unspecified atom stereocenters. The zero-order chi connectivity index (χ0) is 14.4. The molecule has 0 saturated heterocycles. The van der Waals surface area contributed by atoms with Crippen molar-refractivity contribution in [3.05, 3.63) is 54.1 Å². The largest absolute Gasteiger partial charge is 0.504 e. The normalized spacial score (nSPS) is 10.4. The Labute approximate surface area is 115 Å². The zero-order valence-corrected chi connectivity index (χ0v) is 10.4. The number of hydrogen-bond acceptors (Lipinski definition) is 4. The van der Waals surface area contributed by atoms with E-state index in [2.05, 4.69) is 15.8 Å². The first-order chi connectivity index (χ1) is 9.66. The van der Waals surface area contributed by atoms with E-state index >= 15 is 0 Å². The predicted octanol–water partition coefficient (Wildman–Crippen LogP) is 2.25. The van der Waals surface area contributed by atoms with Gasteiger partial charge < -0.3 is 15.5 Å². The highest BCUT2D eigenvalue weighted by Gasteiger charge is 2.03. The summed E-state index contributed by atoms with van der Waals surface area (Å²) in [6, 6.07) is 12.9. The molecule has 0 aliphatic rings. The molecular formula is C14H13N3O3. The predicted molar refractivity (Wildman–Crippen MR) is 76.0 cm³/mol. The first-order valence-corrected chi connectivity index (χ1v) is 5.83. The van der Waals surface area contributed by atoms with Gasteiger partial charge in [0.25, 0.3) is 0 Å². The average Bonchev–Trinajstić information content (AvgIpc) is 2.44. The molecule has 0 saturated carbocycles. The van der Waals surface area contributed by atoms with Crippen LogP contribution in [0.2, 0.25) is 0 Å². The van der Waals surface area contributed by atoms with E-state index in [-0.39, 0.29) is 11.5 Å². The molecule has 0 atom stereocenters. The van der Waals surface area contributed by atoms with Crippen molar-refractivity contribution in [2.45, 2.75) is 0 Å². The van der Waals surface area contributed by atoms with Crippen molar-refractivity contribution in [3.63, 3.8) is 0 Å². The van der Waals surface area contributed by atoms with Gasteiger partial charge in [0.1, 0.15) is 0 Å². The summed E-state index contributed by atoms with van der Waals surface area (Å²) in [6.45, 7) is 0. The standard InChI is InChI=1S/C14H13N3O3/c18-12-8-4-5-10(13(12)19)9-15-17-14(20)16-11-6-2-1-3-7-11/h1-9,18-19H,(H2,16,17,20). The van der Waals surface area contributed by atoms with Gasteiger partial charge in [-0.1, -0.05) is 24.3 Å². The number of hydrazone groups is 1. The van der Waals surface area contributed by atoms with Crippen LogP contribution >= 0.6 is 0 Å². The number of nitrogens with zero attached hydrogens (tertiary/aromatic N) is 1. The van der Waals surface area contributed by atoms with Crippen LogP contribution in [0.15, 0.2) is 53.6 Å². The van der Waals surface area contributed by atoms with Gasteiger partial charge in [-0.15, -0.1) is 0 Å². The number of rotatable bonds is 3. The number of aromatic hydroxyl groups is 2. The number of hydrogen-bond donors (Lipinski definition) is 4. The van der Waals surface area contributed by atoms with Gasteiger partial charge in [-0.05, 0) is 24.3 Å². The first-order valence-electron chi connectivity index (χ1n) is 5.83. The molecular weight excluding hydrogens is 258 g/mol. The summed E-state index contributed by atoms with van der Waals surface area (Å²) >= 11 is 0. The van der Waals surface area contributed by atoms with Gasteiger partial charge in [0, 0.05) is 11.3 Å². The van der Waals surface area contributed by atoms with Crippen molar-refractivity contribution < 1.29 is 15.0 Å². The fourth-order valence-electron chi connectivity index (χ4n) is 1.49. The molecule has 0 aliphatic carbocycles. The fraction of sp³-hybridized carbons (Fsp3) is 0.